The number of nitrogens with one attached hydrogen (secondary N) is 1. The van der Waals surface area contributed by atoms with E-state index in [-0.39, 0.29) is 40.3 Å². The Labute approximate surface area is 186 Å². The van der Waals surface area contributed by atoms with Gasteiger partial charge >= 0.3 is 6.61 Å². The van der Waals surface area contributed by atoms with Gasteiger partial charge in [-0.1, -0.05) is 17.7 Å². The van der Waals surface area contributed by atoms with Crippen LogP contribution in [0.2, 0.25) is 0 Å². The summed E-state index contributed by atoms with van der Waals surface area (Å²) in [5.41, 5.74) is 1.25. The molecule has 0 spiro atoms. The van der Waals surface area contributed by atoms with Crippen LogP contribution in [0.5, 0.6) is 11.5 Å². The average molecular weight is 469 g/mol. The quantitative estimate of drug-likeness (QED) is 0.642. The van der Waals surface area contributed by atoms with Crippen molar-refractivity contribution >= 4 is 15.9 Å². The van der Waals surface area contributed by atoms with E-state index < -0.39 is 16.6 Å². The number of carbonyl (C=O) groups excluding carboxylic acids is 1. The third-order valence-corrected chi connectivity index (χ3v) is 6.77. The van der Waals surface area contributed by atoms with Gasteiger partial charge in [0.25, 0.3) is 5.91 Å². The Morgan fingerprint density at radius 1 is 1.19 bits per heavy atom. The highest BCUT2D eigenvalue weighted by Gasteiger charge is 2.27. The van der Waals surface area contributed by atoms with Crippen LogP contribution in [-0.2, 0) is 10.0 Å². The fraction of sp³-hybridized carbons (Fsp3) is 0.409. The minimum absolute atomic E-state index is 0.0376. The lowest BCUT2D eigenvalue weighted by Crippen LogP contribution is -2.43. The van der Waals surface area contributed by atoms with E-state index in [0.717, 1.165) is 18.4 Å². The molecule has 0 saturated carbocycles. The summed E-state index contributed by atoms with van der Waals surface area (Å²) >= 11 is 0. The molecule has 0 aliphatic carbocycles. The van der Waals surface area contributed by atoms with Crippen molar-refractivity contribution in [1.29, 1.82) is 0 Å². The van der Waals surface area contributed by atoms with E-state index in [9.17, 15) is 22.0 Å². The molecular formula is C22H26F2N2O5S. The van der Waals surface area contributed by atoms with Crippen LogP contribution >= 0.6 is 0 Å². The molecule has 0 bridgehead atoms. The van der Waals surface area contributed by atoms with E-state index in [2.05, 4.69) is 9.46 Å². The minimum Gasteiger partial charge on any atom is -0.493 e. The van der Waals surface area contributed by atoms with Crippen LogP contribution in [0.4, 0.5) is 8.78 Å². The van der Waals surface area contributed by atoms with Gasteiger partial charge in [-0.25, -0.2) is 13.1 Å². The second kappa shape index (κ2) is 10.3. The summed E-state index contributed by atoms with van der Waals surface area (Å²) in [5, 5.41) is 0. The SMILES string of the molecule is COc1cc(C(=O)N2CCCC(CNS(=O)(=O)c3ccc(C)cc3)C2)ccc1OC(F)F. The van der Waals surface area contributed by atoms with Crippen molar-refractivity contribution in [2.45, 2.75) is 31.3 Å². The number of rotatable bonds is 8. The molecule has 1 aliphatic rings. The highest BCUT2D eigenvalue weighted by atomic mass is 32.2. The Morgan fingerprint density at radius 3 is 2.56 bits per heavy atom. The summed E-state index contributed by atoms with van der Waals surface area (Å²) in [6.45, 7) is -0.00140. The fourth-order valence-electron chi connectivity index (χ4n) is 3.62. The van der Waals surface area contributed by atoms with E-state index in [4.69, 9.17) is 4.74 Å². The van der Waals surface area contributed by atoms with Crippen molar-refractivity contribution in [2.75, 3.05) is 26.7 Å². The maximum Gasteiger partial charge on any atom is 0.387 e. The van der Waals surface area contributed by atoms with Crippen LogP contribution < -0.4 is 14.2 Å². The molecule has 1 N–H and O–H groups in total. The summed E-state index contributed by atoms with van der Waals surface area (Å²) in [6.07, 6.45) is 1.51. The summed E-state index contributed by atoms with van der Waals surface area (Å²) in [7, 11) is -2.33. The molecule has 7 nitrogen and oxygen atoms in total. The maximum absolute atomic E-state index is 12.9. The molecule has 3 rings (SSSR count). The van der Waals surface area contributed by atoms with Crippen molar-refractivity contribution in [2.24, 2.45) is 5.92 Å². The number of hydrogen-bond acceptors (Lipinski definition) is 5. The number of nitrogens with zero attached hydrogens (tertiary/aromatic N) is 1. The van der Waals surface area contributed by atoms with Gasteiger partial charge < -0.3 is 14.4 Å². The van der Waals surface area contributed by atoms with E-state index in [1.807, 2.05) is 6.92 Å². The van der Waals surface area contributed by atoms with E-state index in [1.54, 1.807) is 29.2 Å². The first kappa shape index (κ1) is 23.9. The summed E-state index contributed by atoms with van der Waals surface area (Å²) < 4.78 is 62.2. The molecule has 1 fully saturated rings. The second-order valence-electron chi connectivity index (χ2n) is 7.67. The molecule has 2 aromatic rings. The number of methoxy groups -OCH3 is 1. The normalized spacial score (nSPS) is 16.8. The van der Waals surface area contributed by atoms with Crippen molar-refractivity contribution < 1.29 is 31.5 Å². The molecule has 2 aromatic carbocycles. The first-order valence-corrected chi connectivity index (χ1v) is 11.7. The molecule has 1 heterocycles. The van der Waals surface area contributed by atoms with Gasteiger partial charge in [0.1, 0.15) is 0 Å². The lowest BCUT2D eigenvalue weighted by molar-refractivity contribution is -0.0512. The van der Waals surface area contributed by atoms with Gasteiger partial charge in [0, 0.05) is 25.2 Å². The van der Waals surface area contributed by atoms with Crippen LogP contribution in [0, 0.1) is 12.8 Å². The molecule has 174 valence electrons. The molecule has 1 saturated heterocycles. The number of aryl methyl sites for hydroxylation is 1. The third-order valence-electron chi connectivity index (χ3n) is 5.33. The van der Waals surface area contributed by atoms with Gasteiger partial charge in [-0.3, -0.25) is 4.79 Å². The van der Waals surface area contributed by atoms with Crippen LogP contribution in [-0.4, -0.2) is 52.6 Å². The second-order valence-corrected chi connectivity index (χ2v) is 9.44. The van der Waals surface area contributed by atoms with Gasteiger partial charge in [0.2, 0.25) is 10.0 Å². The third kappa shape index (κ3) is 5.95. The number of benzene rings is 2. The lowest BCUT2D eigenvalue weighted by atomic mass is 9.97. The Kier molecular flexibility index (Phi) is 7.68. The predicted octanol–water partition coefficient (Wildman–Crippen LogP) is 3.44. The Balaban J connectivity index is 1.64. The number of amides is 1. The van der Waals surface area contributed by atoms with Crippen LogP contribution in [0.25, 0.3) is 0 Å². The number of piperidine rings is 1. The van der Waals surface area contributed by atoms with E-state index in [0.29, 0.717) is 13.1 Å². The van der Waals surface area contributed by atoms with Gasteiger partial charge in [-0.15, -0.1) is 0 Å². The molecular weight excluding hydrogens is 442 g/mol. The Hall–Kier alpha value is -2.72. The molecule has 32 heavy (non-hydrogen) atoms. The highest BCUT2D eigenvalue weighted by Crippen LogP contribution is 2.30. The Bertz CT molecular complexity index is 1040. The van der Waals surface area contributed by atoms with Crippen molar-refractivity contribution in [3.8, 4) is 11.5 Å². The molecule has 1 unspecified atom stereocenters. The first-order valence-electron chi connectivity index (χ1n) is 10.2. The van der Waals surface area contributed by atoms with Crippen LogP contribution in [0.1, 0.15) is 28.8 Å². The number of ether oxygens (including phenoxy) is 2. The van der Waals surface area contributed by atoms with Gasteiger partial charge in [-0.2, -0.15) is 8.78 Å². The molecule has 10 heteroatoms. The number of halogens is 2. The summed E-state index contributed by atoms with van der Waals surface area (Å²) in [4.78, 5) is 14.8. The Morgan fingerprint density at radius 2 is 1.91 bits per heavy atom. The van der Waals surface area contributed by atoms with Gasteiger partial charge in [0.15, 0.2) is 11.5 Å². The number of carbonyl (C=O) groups is 1. The molecule has 1 atom stereocenters. The number of alkyl halides is 2. The minimum atomic E-state index is -3.64. The van der Waals surface area contributed by atoms with Crippen LogP contribution in [0.3, 0.4) is 0 Å². The number of likely N-dealkylation sites (tertiary alicyclic amines) is 1. The van der Waals surface area contributed by atoms with Crippen molar-refractivity contribution in [1.82, 2.24) is 9.62 Å². The molecule has 1 amide bonds. The largest absolute Gasteiger partial charge is 0.493 e. The zero-order chi connectivity index (χ0) is 23.3. The average Bonchev–Trinajstić information content (AvgIpc) is 2.77. The topological polar surface area (TPSA) is 84.9 Å². The van der Waals surface area contributed by atoms with Gasteiger partial charge in [0.05, 0.1) is 12.0 Å². The first-order chi connectivity index (χ1) is 15.2. The van der Waals surface area contributed by atoms with E-state index >= 15 is 0 Å². The lowest BCUT2D eigenvalue weighted by Gasteiger charge is -2.33. The highest BCUT2D eigenvalue weighted by molar-refractivity contribution is 7.89. The van der Waals surface area contributed by atoms with Crippen molar-refractivity contribution in [3.63, 3.8) is 0 Å². The molecule has 1 aliphatic heterocycles. The smallest absolute Gasteiger partial charge is 0.387 e. The molecule has 0 aromatic heterocycles. The summed E-state index contributed by atoms with van der Waals surface area (Å²) in [5.74, 6) is -0.439. The fourth-order valence-corrected chi connectivity index (χ4v) is 4.74. The summed E-state index contributed by atoms with van der Waals surface area (Å²) in [6, 6.07) is 10.6. The number of hydrogen-bond donors (Lipinski definition) is 1. The predicted molar refractivity (Wildman–Crippen MR) is 115 cm³/mol. The monoisotopic (exact) mass is 468 g/mol. The number of sulfonamides is 1. The zero-order valence-corrected chi connectivity index (χ0v) is 18.7. The zero-order valence-electron chi connectivity index (χ0n) is 17.9. The van der Waals surface area contributed by atoms with E-state index in [1.165, 1.54) is 25.3 Å². The van der Waals surface area contributed by atoms with Crippen molar-refractivity contribution in [3.05, 3.63) is 53.6 Å². The van der Waals surface area contributed by atoms with Crippen LogP contribution in [0.15, 0.2) is 47.4 Å². The van der Waals surface area contributed by atoms with Gasteiger partial charge in [-0.05, 0) is 56.0 Å². The maximum atomic E-state index is 12.9. The standard InChI is InChI=1S/C22H26F2N2O5S/c1-15-5-8-18(9-6-15)32(28,29)25-13-16-4-3-11-26(14-16)21(27)17-7-10-19(31-22(23)24)20(12-17)30-2/h5-10,12,16,22,25H,3-4,11,13-14H2,1-2H3. The molecule has 0 radical (unpaired) electrons.